The van der Waals surface area contributed by atoms with Crippen LogP contribution in [0.1, 0.15) is 38.5 Å². The maximum absolute atomic E-state index is 12.7. The minimum absolute atomic E-state index is 0.0494. The van der Waals surface area contributed by atoms with Crippen molar-refractivity contribution in [2.45, 2.75) is 50.6 Å². The van der Waals surface area contributed by atoms with Crippen molar-refractivity contribution in [1.82, 2.24) is 4.90 Å². The summed E-state index contributed by atoms with van der Waals surface area (Å²) < 4.78 is 23.2. The van der Waals surface area contributed by atoms with Crippen LogP contribution in [0, 0.1) is 17.8 Å². The first-order chi connectivity index (χ1) is 9.87. The number of amides is 1. The van der Waals surface area contributed by atoms with Crippen LogP contribution in [0.4, 0.5) is 0 Å². The number of nitrogens with two attached hydrogens (primary N) is 1. The third kappa shape index (κ3) is 2.97. The summed E-state index contributed by atoms with van der Waals surface area (Å²) in [6.45, 7) is 0. The first kappa shape index (κ1) is 15.3. The van der Waals surface area contributed by atoms with Gasteiger partial charge in [-0.2, -0.15) is 0 Å². The molecule has 3 aliphatic rings. The standard InChI is InChI=1S/C15H26N2O3S/c1-17(13-5-6-21(19,20)9-13)15(18)12-7-10-3-2-4-11(8-12)14(10)16/h10-14H,2-9,16H2,1H3. The Bertz CT molecular complexity index is 505. The van der Waals surface area contributed by atoms with Crippen molar-refractivity contribution in [3.63, 3.8) is 0 Å². The van der Waals surface area contributed by atoms with Crippen LogP contribution in [-0.2, 0) is 14.6 Å². The number of hydrogen-bond donors (Lipinski definition) is 1. The molecule has 6 heteroatoms. The molecule has 0 aromatic heterocycles. The molecule has 0 radical (unpaired) electrons. The van der Waals surface area contributed by atoms with Gasteiger partial charge < -0.3 is 10.6 Å². The van der Waals surface area contributed by atoms with Crippen molar-refractivity contribution in [3.8, 4) is 0 Å². The average molecular weight is 314 g/mol. The van der Waals surface area contributed by atoms with E-state index in [1.807, 2.05) is 0 Å². The van der Waals surface area contributed by atoms with Crippen LogP contribution in [0.25, 0.3) is 0 Å². The molecule has 2 N–H and O–H groups in total. The smallest absolute Gasteiger partial charge is 0.225 e. The fourth-order valence-electron chi connectivity index (χ4n) is 4.54. The maximum Gasteiger partial charge on any atom is 0.225 e. The fourth-order valence-corrected chi connectivity index (χ4v) is 6.31. The van der Waals surface area contributed by atoms with Crippen molar-refractivity contribution in [2.75, 3.05) is 18.6 Å². The Hall–Kier alpha value is -0.620. The molecule has 3 unspecified atom stereocenters. The minimum atomic E-state index is -2.94. The van der Waals surface area contributed by atoms with Crippen molar-refractivity contribution >= 4 is 15.7 Å². The van der Waals surface area contributed by atoms with Crippen molar-refractivity contribution < 1.29 is 13.2 Å². The van der Waals surface area contributed by atoms with Crippen LogP contribution in [0.3, 0.4) is 0 Å². The van der Waals surface area contributed by atoms with Crippen LogP contribution >= 0.6 is 0 Å². The van der Waals surface area contributed by atoms with Gasteiger partial charge in [0, 0.05) is 25.0 Å². The van der Waals surface area contributed by atoms with Crippen molar-refractivity contribution in [3.05, 3.63) is 0 Å². The molecule has 0 aromatic rings. The quantitative estimate of drug-likeness (QED) is 0.817. The van der Waals surface area contributed by atoms with E-state index in [2.05, 4.69) is 0 Å². The highest BCUT2D eigenvalue weighted by molar-refractivity contribution is 7.91. The fraction of sp³-hybridized carbons (Fsp3) is 0.933. The number of carbonyl (C=O) groups is 1. The lowest BCUT2D eigenvalue weighted by Gasteiger charge is -2.44. The molecular formula is C15H26N2O3S. The van der Waals surface area contributed by atoms with Crippen LogP contribution in [0.5, 0.6) is 0 Å². The van der Waals surface area contributed by atoms with E-state index >= 15 is 0 Å². The molecule has 2 aliphatic carbocycles. The summed E-state index contributed by atoms with van der Waals surface area (Å²) in [5.41, 5.74) is 6.28. The second kappa shape index (κ2) is 5.54. The van der Waals surface area contributed by atoms with E-state index in [1.54, 1.807) is 11.9 Å². The second-order valence-corrected chi connectivity index (χ2v) is 9.43. The molecule has 21 heavy (non-hydrogen) atoms. The molecule has 0 spiro atoms. The monoisotopic (exact) mass is 314 g/mol. The predicted octanol–water partition coefficient (Wildman–Crippen LogP) is 0.786. The zero-order chi connectivity index (χ0) is 15.2. The van der Waals surface area contributed by atoms with E-state index in [0.29, 0.717) is 18.3 Å². The van der Waals surface area contributed by atoms with Crippen LogP contribution in [0.15, 0.2) is 0 Å². The van der Waals surface area contributed by atoms with Gasteiger partial charge in [0.2, 0.25) is 5.91 Å². The number of fused-ring (bicyclic) bond motifs is 2. The molecule has 1 aliphatic heterocycles. The molecule has 3 rings (SSSR count). The molecule has 1 heterocycles. The van der Waals surface area contributed by atoms with Crippen molar-refractivity contribution in [2.24, 2.45) is 23.5 Å². The third-order valence-corrected chi connectivity index (χ3v) is 7.62. The summed E-state index contributed by atoms with van der Waals surface area (Å²) in [4.78, 5) is 14.4. The van der Waals surface area contributed by atoms with Gasteiger partial charge in [-0.25, -0.2) is 8.42 Å². The Morgan fingerprint density at radius 1 is 1.14 bits per heavy atom. The topological polar surface area (TPSA) is 80.5 Å². The summed E-state index contributed by atoms with van der Waals surface area (Å²) in [7, 11) is -1.17. The molecule has 2 bridgehead atoms. The summed E-state index contributed by atoms with van der Waals surface area (Å²) in [5.74, 6) is 1.50. The zero-order valence-electron chi connectivity index (χ0n) is 12.7. The van der Waals surface area contributed by atoms with Gasteiger partial charge in [0.1, 0.15) is 0 Å². The molecule has 3 fully saturated rings. The van der Waals surface area contributed by atoms with Crippen LogP contribution in [0.2, 0.25) is 0 Å². The molecule has 5 nitrogen and oxygen atoms in total. The number of nitrogens with zero attached hydrogens (tertiary/aromatic N) is 1. The lowest BCUT2D eigenvalue weighted by atomic mass is 9.65. The number of hydrogen-bond acceptors (Lipinski definition) is 4. The Balaban J connectivity index is 1.65. The van der Waals surface area contributed by atoms with Gasteiger partial charge in [0.15, 0.2) is 9.84 Å². The minimum Gasteiger partial charge on any atom is -0.341 e. The van der Waals surface area contributed by atoms with E-state index in [4.69, 9.17) is 5.73 Å². The van der Waals surface area contributed by atoms with Gasteiger partial charge in [-0.15, -0.1) is 0 Å². The molecule has 1 saturated heterocycles. The molecule has 0 aromatic carbocycles. The van der Waals surface area contributed by atoms with Crippen LogP contribution in [-0.4, -0.2) is 49.9 Å². The highest BCUT2D eigenvalue weighted by Crippen LogP contribution is 2.42. The summed E-state index contributed by atoms with van der Waals surface area (Å²) in [5, 5.41) is 0. The van der Waals surface area contributed by atoms with E-state index in [-0.39, 0.29) is 35.4 Å². The number of carbonyl (C=O) groups excluding carboxylic acids is 1. The summed E-state index contributed by atoms with van der Waals surface area (Å²) >= 11 is 0. The summed E-state index contributed by atoms with van der Waals surface area (Å²) in [6, 6.07) is 0.137. The van der Waals surface area contributed by atoms with E-state index in [0.717, 1.165) is 25.7 Å². The van der Waals surface area contributed by atoms with Gasteiger partial charge in [-0.05, 0) is 43.9 Å². The SMILES string of the molecule is CN(C(=O)C1CC2CCCC(C1)C2N)C1CCS(=O)(=O)C1. The Labute approximate surface area is 127 Å². The average Bonchev–Trinajstić information content (AvgIpc) is 2.77. The van der Waals surface area contributed by atoms with Crippen LogP contribution < -0.4 is 5.73 Å². The Morgan fingerprint density at radius 2 is 1.76 bits per heavy atom. The molecule has 120 valence electrons. The Kier molecular flexibility index (Phi) is 4.03. The predicted molar refractivity (Wildman–Crippen MR) is 81.4 cm³/mol. The van der Waals surface area contributed by atoms with Gasteiger partial charge in [-0.1, -0.05) is 6.42 Å². The molecular weight excluding hydrogens is 288 g/mol. The van der Waals surface area contributed by atoms with Gasteiger partial charge in [0.05, 0.1) is 11.5 Å². The van der Waals surface area contributed by atoms with E-state index in [9.17, 15) is 13.2 Å². The highest BCUT2D eigenvalue weighted by atomic mass is 32.2. The molecule has 1 amide bonds. The molecule has 2 saturated carbocycles. The van der Waals surface area contributed by atoms with Gasteiger partial charge in [0.25, 0.3) is 0 Å². The zero-order valence-corrected chi connectivity index (χ0v) is 13.5. The largest absolute Gasteiger partial charge is 0.341 e. The first-order valence-corrected chi connectivity index (χ1v) is 9.92. The van der Waals surface area contributed by atoms with E-state index < -0.39 is 9.84 Å². The maximum atomic E-state index is 12.7. The van der Waals surface area contributed by atoms with Gasteiger partial charge >= 0.3 is 0 Å². The van der Waals surface area contributed by atoms with Crippen molar-refractivity contribution in [1.29, 1.82) is 0 Å². The highest BCUT2D eigenvalue weighted by Gasteiger charge is 2.42. The van der Waals surface area contributed by atoms with E-state index in [1.165, 1.54) is 6.42 Å². The Morgan fingerprint density at radius 3 is 2.29 bits per heavy atom. The normalized spacial score (nSPS) is 41.7. The summed E-state index contributed by atoms with van der Waals surface area (Å²) in [6.07, 6.45) is 5.89. The lowest BCUT2D eigenvalue weighted by molar-refractivity contribution is -0.139. The van der Waals surface area contributed by atoms with Gasteiger partial charge in [-0.3, -0.25) is 4.79 Å². The number of sulfone groups is 1. The second-order valence-electron chi connectivity index (χ2n) is 7.20. The lowest BCUT2D eigenvalue weighted by Crippen LogP contribution is -2.50. The number of rotatable bonds is 2. The molecule has 3 atom stereocenters. The first-order valence-electron chi connectivity index (χ1n) is 8.10. The third-order valence-electron chi connectivity index (χ3n) is 5.87.